The highest BCUT2D eigenvalue weighted by molar-refractivity contribution is 5.84. The Hall–Kier alpha value is -3.16. The summed E-state index contributed by atoms with van der Waals surface area (Å²) in [6.07, 6.45) is 4.24. The quantitative estimate of drug-likeness (QED) is 0.575. The van der Waals surface area contributed by atoms with Crippen molar-refractivity contribution in [1.82, 2.24) is 29.9 Å². The van der Waals surface area contributed by atoms with E-state index < -0.39 is 0 Å². The van der Waals surface area contributed by atoms with Crippen LogP contribution in [0.2, 0.25) is 0 Å². The molecule has 3 aromatic heterocycles. The molecule has 4 aromatic rings. The van der Waals surface area contributed by atoms with Gasteiger partial charge in [-0.1, -0.05) is 23.4 Å². The summed E-state index contributed by atoms with van der Waals surface area (Å²) in [5, 5.41) is 8.12. The molecule has 7 nitrogen and oxygen atoms in total. The molecule has 0 saturated heterocycles. The van der Waals surface area contributed by atoms with Crippen LogP contribution in [0.1, 0.15) is 5.56 Å². The van der Waals surface area contributed by atoms with Gasteiger partial charge < -0.3 is 4.42 Å². The summed E-state index contributed by atoms with van der Waals surface area (Å²) in [5.41, 5.74) is 2.00. The van der Waals surface area contributed by atoms with Crippen LogP contribution in [0, 0.1) is 5.82 Å². The Kier molecular flexibility index (Phi) is 2.85. The van der Waals surface area contributed by atoms with E-state index in [1.54, 1.807) is 18.2 Å². The molecule has 108 valence electrons. The lowest BCUT2D eigenvalue weighted by atomic mass is 10.2. The van der Waals surface area contributed by atoms with Gasteiger partial charge in [0.1, 0.15) is 17.8 Å². The average Bonchev–Trinajstić information content (AvgIpc) is 3.19. The van der Waals surface area contributed by atoms with E-state index in [0.29, 0.717) is 28.2 Å². The fourth-order valence-electron chi connectivity index (χ4n) is 2.20. The molecule has 8 heteroatoms. The molecule has 0 spiro atoms. The van der Waals surface area contributed by atoms with Crippen LogP contribution in [0.4, 0.5) is 4.39 Å². The number of oxazole rings is 1. The van der Waals surface area contributed by atoms with Gasteiger partial charge in [-0.05, 0) is 6.07 Å². The zero-order valence-corrected chi connectivity index (χ0v) is 11.2. The first kappa shape index (κ1) is 12.6. The summed E-state index contributed by atoms with van der Waals surface area (Å²) < 4.78 is 20.5. The van der Waals surface area contributed by atoms with Crippen LogP contribution in [0.15, 0.2) is 47.6 Å². The number of aromatic nitrogens is 6. The molecule has 22 heavy (non-hydrogen) atoms. The number of nitrogens with zero attached hydrogens (tertiary/aromatic N) is 6. The van der Waals surface area contributed by atoms with Crippen molar-refractivity contribution in [2.24, 2.45) is 0 Å². The first-order valence-electron chi connectivity index (χ1n) is 6.49. The second kappa shape index (κ2) is 4.99. The monoisotopic (exact) mass is 296 g/mol. The van der Waals surface area contributed by atoms with Crippen LogP contribution in [0.3, 0.4) is 0 Å². The predicted molar refractivity (Wildman–Crippen MR) is 74.1 cm³/mol. The smallest absolute Gasteiger partial charge is 0.182 e. The number of benzene rings is 1. The number of fused-ring (bicyclic) bond motifs is 1. The molecule has 4 rings (SSSR count). The van der Waals surface area contributed by atoms with Crippen molar-refractivity contribution in [1.29, 1.82) is 0 Å². The molecule has 0 bridgehead atoms. The van der Waals surface area contributed by atoms with E-state index >= 15 is 0 Å². The maximum Gasteiger partial charge on any atom is 0.182 e. The van der Waals surface area contributed by atoms with Crippen molar-refractivity contribution in [3.8, 4) is 11.5 Å². The number of rotatable bonds is 3. The molecule has 0 aliphatic carbocycles. The van der Waals surface area contributed by atoms with Crippen LogP contribution in [0.25, 0.3) is 22.6 Å². The largest absolute Gasteiger partial charge is 0.442 e. The molecule has 0 fully saturated rings. The fourth-order valence-corrected chi connectivity index (χ4v) is 2.20. The van der Waals surface area contributed by atoms with Gasteiger partial charge in [0.25, 0.3) is 0 Å². The van der Waals surface area contributed by atoms with E-state index in [4.69, 9.17) is 4.42 Å². The number of hydrogen-bond acceptors (Lipinski definition) is 6. The summed E-state index contributed by atoms with van der Waals surface area (Å²) >= 11 is 0. The minimum absolute atomic E-state index is 0.232. The van der Waals surface area contributed by atoms with Gasteiger partial charge in [0.15, 0.2) is 23.3 Å². The van der Waals surface area contributed by atoms with Crippen molar-refractivity contribution >= 4 is 11.2 Å². The van der Waals surface area contributed by atoms with Gasteiger partial charge in [0.2, 0.25) is 0 Å². The topological polar surface area (TPSA) is 82.5 Å². The molecule has 0 unspecified atom stereocenters. The van der Waals surface area contributed by atoms with Crippen LogP contribution < -0.4 is 0 Å². The molecule has 0 saturated carbocycles. The van der Waals surface area contributed by atoms with Crippen LogP contribution >= 0.6 is 0 Å². The van der Waals surface area contributed by atoms with Crippen molar-refractivity contribution in [2.75, 3.05) is 0 Å². The van der Waals surface area contributed by atoms with E-state index in [2.05, 4.69) is 25.3 Å². The minimum atomic E-state index is -0.296. The molecule has 0 aliphatic rings. The number of halogens is 1. The first-order chi connectivity index (χ1) is 10.8. The molecule has 0 aliphatic heterocycles. The molecule has 3 heterocycles. The summed E-state index contributed by atoms with van der Waals surface area (Å²) in [5.74, 6) is 0.181. The Morgan fingerprint density at radius 1 is 1.18 bits per heavy atom. The Balaban J connectivity index is 1.81. The maximum atomic E-state index is 13.8. The molecule has 0 radical (unpaired) electrons. The lowest BCUT2D eigenvalue weighted by molar-refractivity contribution is 0.570. The van der Waals surface area contributed by atoms with E-state index in [1.807, 2.05) is 0 Å². The molecule has 0 N–H and O–H groups in total. The van der Waals surface area contributed by atoms with E-state index in [-0.39, 0.29) is 12.4 Å². The summed E-state index contributed by atoms with van der Waals surface area (Å²) in [4.78, 5) is 12.2. The Labute approximate surface area is 123 Å². The lowest BCUT2D eigenvalue weighted by Crippen LogP contribution is -2.04. The maximum absolute atomic E-state index is 13.8. The van der Waals surface area contributed by atoms with Gasteiger partial charge in [-0.25, -0.2) is 24.0 Å². The predicted octanol–water partition coefficient (Wildman–Crippen LogP) is 2.06. The highest BCUT2D eigenvalue weighted by Gasteiger charge is 2.16. The normalized spacial score (nSPS) is 11.1. The zero-order valence-electron chi connectivity index (χ0n) is 11.2. The number of hydrogen-bond donors (Lipinski definition) is 0. The van der Waals surface area contributed by atoms with E-state index in [9.17, 15) is 4.39 Å². The Morgan fingerprint density at radius 2 is 2.09 bits per heavy atom. The van der Waals surface area contributed by atoms with Crippen molar-refractivity contribution in [2.45, 2.75) is 6.54 Å². The molecule has 1 aromatic carbocycles. The van der Waals surface area contributed by atoms with Gasteiger partial charge in [-0.15, -0.1) is 5.10 Å². The minimum Gasteiger partial charge on any atom is -0.442 e. The third-order valence-electron chi connectivity index (χ3n) is 3.24. The van der Waals surface area contributed by atoms with E-state index in [0.717, 1.165) is 0 Å². The second-order valence-electron chi connectivity index (χ2n) is 4.60. The third-order valence-corrected chi connectivity index (χ3v) is 3.24. The van der Waals surface area contributed by atoms with Crippen LogP contribution in [-0.4, -0.2) is 29.9 Å². The molecule has 0 atom stereocenters. The van der Waals surface area contributed by atoms with E-state index in [1.165, 1.54) is 29.7 Å². The highest BCUT2D eigenvalue weighted by atomic mass is 19.1. The molecular formula is C14H9FN6O. The fraction of sp³-hybridized carbons (Fsp3) is 0.0714. The third kappa shape index (κ3) is 2.01. The SMILES string of the molecule is Fc1ccccc1Cn1nnc2c(-c3cnco3)ncnc21. The van der Waals surface area contributed by atoms with Crippen LogP contribution in [0.5, 0.6) is 0 Å². The molecular weight excluding hydrogens is 287 g/mol. The van der Waals surface area contributed by atoms with Gasteiger partial charge in [-0.2, -0.15) is 0 Å². The lowest BCUT2D eigenvalue weighted by Gasteiger charge is -2.03. The van der Waals surface area contributed by atoms with Gasteiger partial charge >= 0.3 is 0 Å². The Bertz CT molecular complexity index is 934. The summed E-state index contributed by atoms with van der Waals surface area (Å²) in [6.45, 7) is 0.232. The van der Waals surface area contributed by atoms with Gasteiger partial charge in [-0.3, -0.25) is 0 Å². The van der Waals surface area contributed by atoms with Crippen molar-refractivity contribution in [3.63, 3.8) is 0 Å². The first-order valence-corrected chi connectivity index (χ1v) is 6.49. The van der Waals surface area contributed by atoms with Crippen LogP contribution in [-0.2, 0) is 6.54 Å². The molecule has 0 amide bonds. The van der Waals surface area contributed by atoms with Gasteiger partial charge in [0, 0.05) is 5.56 Å². The van der Waals surface area contributed by atoms with Crippen molar-refractivity contribution in [3.05, 3.63) is 54.6 Å². The standard InChI is InChI=1S/C14H9FN6O/c15-10-4-2-1-3-9(10)6-21-14-13(19-20-21)12(17-7-18-14)11-5-16-8-22-11/h1-5,7-8H,6H2. The van der Waals surface area contributed by atoms with Crippen molar-refractivity contribution < 1.29 is 8.81 Å². The summed E-state index contributed by atoms with van der Waals surface area (Å²) in [7, 11) is 0. The zero-order chi connectivity index (χ0) is 14.9. The average molecular weight is 296 g/mol. The van der Waals surface area contributed by atoms with Gasteiger partial charge in [0.05, 0.1) is 12.7 Å². The Morgan fingerprint density at radius 3 is 2.91 bits per heavy atom. The summed E-state index contributed by atoms with van der Waals surface area (Å²) in [6, 6.07) is 6.51. The second-order valence-corrected chi connectivity index (χ2v) is 4.60. The highest BCUT2D eigenvalue weighted by Crippen LogP contribution is 2.23.